The van der Waals surface area contributed by atoms with Gasteiger partial charge >= 0.3 is 6.09 Å². The largest absolute Gasteiger partial charge is 0.444 e. The van der Waals surface area contributed by atoms with Gasteiger partial charge in [-0.05, 0) is 40.0 Å². The maximum atomic E-state index is 12.0. The molecular weight excluding hydrogens is 244 g/mol. The summed E-state index contributed by atoms with van der Waals surface area (Å²) in [5.74, 6) is -0.0585. The lowest BCUT2D eigenvalue weighted by Crippen LogP contribution is -2.47. The van der Waals surface area contributed by atoms with Gasteiger partial charge in [-0.1, -0.05) is 13.3 Å². The average Bonchev–Trinajstić information content (AvgIpc) is 2.75. The zero-order valence-corrected chi connectivity index (χ0v) is 12.5. The van der Waals surface area contributed by atoms with Crippen LogP contribution in [-0.4, -0.2) is 41.6 Å². The Bertz CT molecular complexity index is 323. The highest BCUT2D eigenvalue weighted by Gasteiger charge is 2.36. The fraction of sp³-hybridized carbons (Fsp3) is 0.857. The van der Waals surface area contributed by atoms with Crippen molar-refractivity contribution < 1.29 is 14.3 Å². The number of carbonyl (C=O) groups excluding carboxylic acids is 2. The molecule has 5 heteroatoms. The van der Waals surface area contributed by atoms with E-state index >= 15 is 0 Å². The van der Waals surface area contributed by atoms with Gasteiger partial charge in [-0.2, -0.15) is 0 Å². The molecule has 0 aromatic carbocycles. The third-order valence-corrected chi connectivity index (χ3v) is 3.01. The van der Waals surface area contributed by atoms with Crippen LogP contribution in [0, 0.1) is 0 Å². The van der Waals surface area contributed by atoms with Gasteiger partial charge in [-0.3, -0.25) is 9.69 Å². The first-order chi connectivity index (χ1) is 8.85. The Kier molecular flexibility index (Phi) is 5.63. The van der Waals surface area contributed by atoms with Gasteiger partial charge in [0.1, 0.15) is 11.6 Å². The Morgan fingerprint density at radius 2 is 2.05 bits per heavy atom. The number of nitrogens with zero attached hydrogens (tertiary/aromatic N) is 1. The van der Waals surface area contributed by atoms with Crippen LogP contribution in [0.1, 0.15) is 53.4 Å². The molecule has 1 saturated heterocycles. The standard InChI is InChI=1S/C14H26N2O3/c1-5-6-9-15-12(17)11-8-7-10-16(11)13(18)19-14(2,3)4/h11H,5-10H2,1-4H3,(H,15,17). The Labute approximate surface area is 115 Å². The van der Waals surface area contributed by atoms with Gasteiger partial charge in [0.05, 0.1) is 0 Å². The lowest BCUT2D eigenvalue weighted by atomic mass is 10.2. The van der Waals surface area contributed by atoms with E-state index in [1.54, 1.807) is 4.90 Å². The molecule has 1 N–H and O–H groups in total. The number of likely N-dealkylation sites (tertiary alicyclic amines) is 1. The van der Waals surface area contributed by atoms with Crippen molar-refractivity contribution in [3.63, 3.8) is 0 Å². The minimum absolute atomic E-state index is 0.0585. The first-order valence-electron chi connectivity index (χ1n) is 7.12. The minimum Gasteiger partial charge on any atom is -0.444 e. The zero-order chi connectivity index (χ0) is 14.5. The molecule has 1 aliphatic rings. The second-order valence-corrected chi connectivity index (χ2v) is 5.98. The van der Waals surface area contributed by atoms with E-state index in [9.17, 15) is 9.59 Å². The van der Waals surface area contributed by atoms with Crippen molar-refractivity contribution in [2.45, 2.75) is 65.0 Å². The van der Waals surface area contributed by atoms with E-state index in [1.165, 1.54) is 0 Å². The summed E-state index contributed by atoms with van der Waals surface area (Å²) < 4.78 is 5.33. The summed E-state index contributed by atoms with van der Waals surface area (Å²) in [6.07, 6.45) is 3.19. The van der Waals surface area contributed by atoms with Gasteiger partial charge in [0.2, 0.25) is 5.91 Å². The molecule has 0 aliphatic carbocycles. The molecule has 2 amide bonds. The summed E-state index contributed by atoms with van der Waals surface area (Å²) in [5.41, 5.74) is -0.525. The van der Waals surface area contributed by atoms with Crippen molar-refractivity contribution in [1.82, 2.24) is 10.2 Å². The first kappa shape index (κ1) is 15.8. The van der Waals surface area contributed by atoms with Crippen molar-refractivity contribution >= 4 is 12.0 Å². The second-order valence-electron chi connectivity index (χ2n) is 5.98. The van der Waals surface area contributed by atoms with E-state index in [-0.39, 0.29) is 18.0 Å². The smallest absolute Gasteiger partial charge is 0.410 e. The third kappa shape index (κ3) is 5.09. The van der Waals surface area contributed by atoms with Gasteiger partial charge in [0.25, 0.3) is 0 Å². The van der Waals surface area contributed by atoms with Crippen LogP contribution >= 0.6 is 0 Å². The average molecular weight is 270 g/mol. The van der Waals surface area contributed by atoms with E-state index in [1.807, 2.05) is 20.8 Å². The Morgan fingerprint density at radius 1 is 1.37 bits per heavy atom. The van der Waals surface area contributed by atoms with Crippen LogP contribution in [0.25, 0.3) is 0 Å². The summed E-state index contributed by atoms with van der Waals surface area (Å²) in [7, 11) is 0. The highest BCUT2D eigenvalue weighted by atomic mass is 16.6. The highest BCUT2D eigenvalue weighted by Crippen LogP contribution is 2.20. The van der Waals surface area contributed by atoms with Gasteiger partial charge in [0.15, 0.2) is 0 Å². The van der Waals surface area contributed by atoms with E-state index in [2.05, 4.69) is 12.2 Å². The van der Waals surface area contributed by atoms with Crippen LogP contribution in [0.15, 0.2) is 0 Å². The van der Waals surface area contributed by atoms with Crippen molar-refractivity contribution in [3.05, 3.63) is 0 Å². The van der Waals surface area contributed by atoms with Gasteiger partial charge in [-0.25, -0.2) is 4.79 Å². The van der Waals surface area contributed by atoms with Crippen molar-refractivity contribution in [2.75, 3.05) is 13.1 Å². The van der Waals surface area contributed by atoms with E-state index in [0.717, 1.165) is 25.7 Å². The number of unbranched alkanes of at least 4 members (excludes halogenated alkanes) is 1. The molecule has 1 aliphatic heterocycles. The normalized spacial score (nSPS) is 19.4. The van der Waals surface area contributed by atoms with Crippen LogP contribution in [-0.2, 0) is 9.53 Å². The van der Waals surface area contributed by atoms with Crippen molar-refractivity contribution in [1.29, 1.82) is 0 Å². The monoisotopic (exact) mass is 270 g/mol. The molecule has 1 unspecified atom stereocenters. The summed E-state index contributed by atoms with van der Waals surface area (Å²) in [6, 6.07) is -0.369. The quantitative estimate of drug-likeness (QED) is 0.797. The van der Waals surface area contributed by atoms with Crippen LogP contribution in [0.2, 0.25) is 0 Å². The molecular formula is C14H26N2O3. The predicted octanol–water partition coefficient (Wildman–Crippen LogP) is 2.30. The molecule has 1 atom stereocenters. The molecule has 110 valence electrons. The third-order valence-electron chi connectivity index (χ3n) is 3.01. The SMILES string of the molecule is CCCCNC(=O)C1CCCN1C(=O)OC(C)(C)C. The minimum atomic E-state index is -0.525. The molecule has 19 heavy (non-hydrogen) atoms. The van der Waals surface area contributed by atoms with E-state index in [0.29, 0.717) is 13.1 Å². The van der Waals surface area contributed by atoms with Crippen LogP contribution in [0.5, 0.6) is 0 Å². The van der Waals surface area contributed by atoms with E-state index < -0.39 is 5.60 Å². The Balaban J connectivity index is 2.53. The number of ether oxygens (including phenoxy) is 1. The molecule has 0 bridgehead atoms. The zero-order valence-electron chi connectivity index (χ0n) is 12.5. The molecule has 0 aromatic rings. The lowest BCUT2D eigenvalue weighted by Gasteiger charge is -2.28. The molecule has 5 nitrogen and oxygen atoms in total. The van der Waals surface area contributed by atoms with Crippen LogP contribution in [0.4, 0.5) is 4.79 Å². The lowest BCUT2D eigenvalue weighted by molar-refractivity contribution is -0.125. The molecule has 0 radical (unpaired) electrons. The van der Waals surface area contributed by atoms with Crippen LogP contribution < -0.4 is 5.32 Å². The molecule has 1 rings (SSSR count). The number of carbonyl (C=O) groups is 2. The van der Waals surface area contributed by atoms with Crippen LogP contribution in [0.3, 0.4) is 0 Å². The summed E-state index contributed by atoms with van der Waals surface area (Å²) in [5, 5.41) is 2.88. The first-order valence-corrected chi connectivity index (χ1v) is 7.12. The van der Waals surface area contributed by atoms with Crippen molar-refractivity contribution in [3.8, 4) is 0 Å². The fourth-order valence-electron chi connectivity index (χ4n) is 2.08. The maximum absolute atomic E-state index is 12.0. The molecule has 0 spiro atoms. The number of nitrogens with one attached hydrogen (secondary N) is 1. The second kappa shape index (κ2) is 6.78. The molecule has 0 saturated carbocycles. The number of hydrogen-bond acceptors (Lipinski definition) is 3. The summed E-state index contributed by atoms with van der Waals surface area (Å²) >= 11 is 0. The topological polar surface area (TPSA) is 58.6 Å². The number of hydrogen-bond donors (Lipinski definition) is 1. The molecule has 1 fully saturated rings. The van der Waals surface area contributed by atoms with Gasteiger partial charge < -0.3 is 10.1 Å². The van der Waals surface area contributed by atoms with Gasteiger partial charge in [0, 0.05) is 13.1 Å². The van der Waals surface area contributed by atoms with Gasteiger partial charge in [-0.15, -0.1) is 0 Å². The summed E-state index contributed by atoms with van der Waals surface area (Å²) in [6.45, 7) is 8.84. The fourth-order valence-corrected chi connectivity index (χ4v) is 2.08. The van der Waals surface area contributed by atoms with Crippen molar-refractivity contribution in [2.24, 2.45) is 0 Å². The Hall–Kier alpha value is -1.26. The number of amides is 2. The predicted molar refractivity (Wildman–Crippen MR) is 73.9 cm³/mol. The molecule has 0 aromatic heterocycles. The highest BCUT2D eigenvalue weighted by molar-refractivity contribution is 5.86. The summed E-state index contributed by atoms with van der Waals surface area (Å²) in [4.78, 5) is 25.6. The Morgan fingerprint density at radius 3 is 2.63 bits per heavy atom. The molecule has 1 heterocycles. The maximum Gasteiger partial charge on any atom is 0.410 e. The number of rotatable bonds is 4. The van der Waals surface area contributed by atoms with E-state index in [4.69, 9.17) is 4.74 Å².